The smallest absolute Gasteiger partial charge is 0.319 e. The third-order valence-corrected chi connectivity index (χ3v) is 11.9. The average molecular weight is 746 g/mol. The molecule has 2 saturated heterocycles. The molecule has 8 rings (SSSR count). The van der Waals surface area contributed by atoms with Gasteiger partial charge in [0, 0.05) is 42.6 Å². The van der Waals surface area contributed by atoms with Gasteiger partial charge in [0.2, 0.25) is 5.88 Å². The van der Waals surface area contributed by atoms with Gasteiger partial charge in [0.15, 0.2) is 12.1 Å². The Morgan fingerprint density at radius 1 is 1.06 bits per heavy atom. The van der Waals surface area contributed by atoms with E-state index < -0.39 is 24.0 Å². The molecule has 2 aliphatic carbocycles. The molecule has 4 heterocycles. The molecule has 3 N–H and O–H groups in total. The van der Waals surface area contributed by atoms with E-state index in [9.17, 15) is 15.3 Å². The molecular formula is C40H45F2N5O7. The molecule has 12 nitrogen and oxygen atoms in total. The molecule has 0 bridgehead atoms. The number of ether oxygens (including phenoxy) is 4. The Morgan fingerprint density at radius 2 is 1.87 bits per heavy atom. The number of nitrogens with zero attached hydrogens (tertiary/aromatic N) is 5. The predicted molar refractivity (Wildman–Crippen MR) is 196 cm³/mol. The summed E-state index contributed by atoms with van der Waals surface area (Å²) in [7, 11) is 3.13. The van der Waals surface area contributed by atoms with Gasteiger partial charge in [-0.25, -0.2) is 13.8 Å². The Labute approximate surface area is 312 Å². The summed E-state index contributed by atoms with van der Waals surface area (Å²) in [5.41, 5.74) is -0.735. The lowest BCUT2D eigenvalue weighted by atomic mass is 9.74. The van der Waals surface area contributed by atoms with Crippen molar-refractivity contribution in [2.45, 2.75) is 69.5 Å². The second kappa shape index (κ2) is 14.7. The first-order valence-corrected chi connectivity index (χ1v) is 18.6. The number of pyridine rings is 1. The van der Waals surface area contributed by atoms with Gasteiger partial charge >= 0.3 is 6.01 Å². The van der Waals surface area contributed by atoms with Crippen molar-refractivity contribution in [1.82, 2.24) is 19.9 Å². The molecule has 2 aromatic heterocycles. The Bertz CT molecular complexity index is 2100. The first kappa shape index (κ1) is 36.6. The van der Waals surface area contributed by atoms with E-state index in [1.165, 1.54) is 31.4 Å². The number of likely N-dealkylation sites (tertiary alicyclic amines) is 1. The number of phenols is 1. The van der Waals surface area contributed by atoms with Crippen molar-refractivity contribution in [2.24, 2.45) is 11.3 Å². The van der Waals surface area contributed by atoms with Gasteiger partial charge in [-0.15, -0.1) is 6.42 Å². The van der Waals surface area contributed by atoms with E-state index in [2.05, 4.69) is 20.8 Å². The van der Waals surface area contributed by atoms with Crippen LogP contribution in [0.25, 0.3) is 32.9 Å². The number of rotatable bonds is 9. The second-order valence-corrected chi connectivity index (χ2v) is 15.2. The first-order chi connectivity index (χ1) is 26.1. The summed E-state index contributed by atoms with van der Waals surface area (Å²) in [6, 6.07) is 5.54. The standard InChI is InChI=1S/C40H45F2N5O7/c1-4-27-29(41)9-8-23-15-24(48)16-28(32(23)27)35-34(42)36-33(38(43-35)52-3)37(47-18-25(49)20-53-31(50)19-47)45-39(44-36)54-21-40-10-5-7-30(40)46(12-6-11-40)17-22-13-26(14-22)51-2/h1,8-9,15-16,22,25-26,30-31,48-50H,5-7,10-14,17-21H2,2-3H3/t22?,25?,26?,30?,31-,40?/m1/s1. The van der Waals surface area contributed by atoms with Gasteiger partial charge in [0.1, 0.15) is 34.0 Å². The first-order valence-electron chi connectivity index (χ1n) is 18.6. The lowest BCUT2D eigenvalue weighted by molar-refractivity contribution is -0.102. The zero-order chi connectivity index (χ0) is 37.7. The highest BCUT2D eigenvalue weighted by Gasteiger charge is 2.49. The summed E-state index contributed by atoms with van der Waals surface area (Å²) >= 11 is 0. The summed E-state index contributed by atoms with van der Waals surface area (Å²) in [5, 5.41) is 32.6. The fraction of sp³-hybridized carbons (Fsp3) is 0.525. The molecule has 2 aromatic carbocycles. The molecule has 0 spiro atoms. The predicted octanol–water partition coefficient (Wildman–Crippen LogP) is 4.77. The number of fused-ring (bicyclic) bond motifs is 3. The maximum Gasteiger partial charge on any atom is 0.319 e. The highest BCUT2D eigenvalue weighted by atomic mass is 19.1. The highest BCUT2D eigenvalue weighted by Crippen LogP contribution is 2.49. The molecule has 2 aliphatic heterocycles. The molecule has 4 atom stereocenters. The van der Waals surface area contributed by atoms with Gasteiger partial charge < -0.3 is 39.2 Å². The van der Waals surface area contributed by atoms with Crippen molar-refractivity contribution in [1.29, 1.82) is 0 Å². The maximum absolute atomic E-state index is 17.3. The molecule has 4 aliphatic rings. The normalized spacial score (nSPS) is 27.4. The number of hydrogen-bond donors (Lipinski definition) is 3. The zero-order valence-electron chi connectivity index (χ0n) is 30.4. The Hall–Kier alpha value is -4.39. The number of halogens is 2. The van der Waals surface area contributed by atoms with E-state index in [0.29, 0.717) is 30.1 Å². The summed E-state index contributed by atoms with van der Waals surface area (Å²) in [6.07, 6.45) is 11.1. The number of aromatic hydroxyl groups is 1. The van der Waals surface area contributed by atoms with Crippen LogP contribution in [-0.4, -0.2) is 113 Å². The number of phenolic OH excluding ortho intramolecular Hbond substituents is 1. The Kier molecular flexibility index (Phi) is 9.95. The largest absolute Gasteiger partial charge is 0.508 e. The van der Waals surface area contributed by atoms with Crippen molar-refractivity contribution >= 4 is 27.5 Å². The van der Waals surface area contributed by atoms with Crippen molar-refractivity contribution < 1.29 is 43.0 Å². The fourth-order valence-corrected chi connectivity index (χ4v) is 9.28. The van der Waals surface area contributed by atoms with Crippen LogP contribution in [0.2, 0.25) is 0 Å². The summed E-state index contributed by atoms with van der Waals surface area (Å²) in [4.78, 5) is 18.1. The molecule has 4 fully saturated rings. The quantitative estimate of drug-likeness (QED) is 0.203. The molecule has 2 saturated carbocycles. The van der Waals surface area contributed by atoms with Crippen LogP contribution in [0, 0.1) is 35.3 Å². The molecule has 14 heteroatoms. The SMILES string of the molecule is C#Cc1c(F)ccc2cc(O)cc(-c3nc(OC)c4c(N5CC(O)CO[C@@H](O)C5)nc(OCC56CCCC5N(CC5CC(OC)C5)CCC6)nc4c3F)c12. The number of terminal acetylenes is 1. The number of aliphatic hydroxyl groups is 2. The summed E-state index contributed by atoms with van der Waals surface area (Å²) < 4.78 is 55.5. The van der Waals surface area contributed by atoms with E-state index in [0.717, 1.165) is 58.0 Å². The van der Waals surface area contributed by atoms with Crippen LogP contribution in [0.15, 0.2) is 24.3 Å². The molecule has 54 heavy (non-hydrogen) atoms. The molecule has 4 aromatic rings. The number of piperidine rings is 1. The molecule has 0 radical (unpaired) electrons. The lowest BCUT2D eigenvalue weighted by Crippen LogP contribution is -2.54. The third-order valence-electron chi connectivity index (χ3n) is 11.9. The lowest BCUT2D eigenvalue weighted by Gasteiger charge is -2.48. The van der Waals surface area contributed by atoms with Crippen LogP contribution in [0.4, 0.5) is 14.6 Å². The fourth-order valence-electron chi connectivity index (χ4n) is 9.28. The number of anilines is 1. The van der Waals surface area contributed by atoms with Gasteiger partial charge in [0.05, 0.1) is 44.6 Å². The van der Waals surface area contributed by atoms with Crippen LogP contribution >= 0.6 is 0 Å². The van der Waals surface area contributed by atoms with Crippen LogP contribution in [0.3, 0.4) is 0 Å². The minimum Gasteiger partial charge on any atom is -0.508 e. The van der Waals surface area contributed by atoms with Crippen molar-refractivity contribution in [3.63, 3.8) is 0 Å². The van der Waals surface area contributed by atoms with Gasteiger partial charge in [-0.1, -0.05) is 18.4 Å². The van der Waals surface area contributed by atoms with Crippen LogP contribution < -0.4 is 14.4 Å². The number of benzene rings is 2. The van der Waals surface area contributed by atoms with Crippen molar-refractivity contribution in [3.05, 3.63) is 41.5 Å². The topological polar surface area (TPSA) is 143 Å². The monoisotopic (exact) mass is 745 g/mol. The van der Waals surface area contributed by atoms with E-state index in [4.69, 9.17) is 30.4 Å². The van der Waals surface area contributed by atoms with E-state index in [1.54, 1.807) is 12.0 Å². The van der Waals surface area contributed by atoms with E-state index >= 15 is 8.78 Å². The number of aliphatic hydroxyl groups excluding tert-OH is 2. The Morgan fingerprint density at radius 3 is 2.65 bits per heavy atom. The number of aromatic nitrogens is 3. The second-order valence-electron chi connectivity index (χ2n) is 15.2. The third kappa shape index (κ3) is 6.56. The van der Waals surface area contributed by atoms with Crippen molar-refractivity contribution in [2.75, 3.05) is 58.5 Å². The van der Waals surface area contributed by atoms with Crippen LogP contribution in [-0.2, 0) is 9.47 Å². The van der Waals surface area contributed by atoms with Gasteiger partial charge in [0.25, 0.3) is 0 Å². The average Bonchev–Trinajstić information content (AvgIpc) is 3.51. The Balaban J connectivity index is 1.24. The van der Waals surface area contributed by atoms with E-state index in [-0.39, 0.29) is 81.7 Å². The van der Waals surface area contributed by atoms with Gasteiger partial charge in [-0.3, -0.25) is 4.90 Å². The minimum atomic E-state index is -1.28. The summed E-state index contributed by atoms with van der Waals surface area (Å²) in [5.74, 6) is 1.18. The van der Waals surface area contributed by atoms with Crippen molar-refractivity contribution in [3.8, 4) is 41.2 Å². The number of methoxy groups -OCH3 is 2. The van der Waals surface area contributed by atoms with Gasteiger partial charge in [-0.2, -0.15) is 9.97 Å². The molecule has 0 amide bonds. The molecule has 3 unspecified atom stereocenters. The summed E-state index contributed by atoms with van der Waals surface area (Å²) in [6.45, 7) is 2.14. The van der Waals surface area contributed by atoms with E-state index in [1.807, 2.05) is 0 Å². The molecular weight excluding hydrogens is 700 g/mol. The molecule has 286 valence electrons. The van der Waals surface area contributed by atoms with Gasteiger partial charge in [-0.05, 0) is 74.6 Å². The zero-order valence-corrected chi connectivity index (χ0v) is 30.4. The van der Waals surface area contributed by atoms with Crippen LogP contribution in [0.1, 0.15) is 50.5 Å². The number of β-amino-alcohol motifs (C(OH)–C–C–N with tert-alkyl or cyclic N) is 2. The maximum atomic E-state index is 17.3. The number of hydrogen-bond acceptors (Lipinski definition) is 12. The minimum absolute atomic E-state index is 0.0107. The van der Waals surface area contributed by atoms with Crippen LogP contribution in [0.5, 0.6) is 17.6 Å². The highest BCUT2D eigenvalue weighted by molar-refractivity contribution is 6.04.